The second-order valence-electron chi connectivity index (χ2n) is 6.84. The van der Waals surface area contributed by atoms with E-state index < -0.39 is 0 Å². The Hall–Kier alpha value is -2.86. The van der Waals surface area contributed by atoms with Crippen LogP contribution in [0.4, 0.5) is 5.69 Å². The van der Waals surface area contributed by atoms with Crippen LogP contribution in [0.15, 0.2) is 42.5 Å². The Bertz CT molecular complexity index is 783. The van der Waals surface area contributed by atoms with Crippen LogP contribution in [0.2, 0.25) is 0 Å². The van der Waals surface area contributed by atoms with Gasteiger partial charge in [0.05, 0.1) is 19.7 Å². The molecule has 0 heterocycles. The maximum absolute atomic E-state index is 12.1. The maximum Gasteiger partial charge on any atom is 0.243 e. The van der Waals surface area contributed by atoms with Gasteiger partial charge in [-0.05, 0) is 56.6 Å². The van der Waals surface area contributed by atoms with Crippen molar-refractivity contribution in [2.75, 3.05) is 32.1 Å². The molecule has 0 aliphatic heterocycles. The van der Waals surface area contributed by atoms with Crippen LogP contribution >= 0.6 is 0 Å². The van der Waals surface area contributed by atoms with Crippen LogP contribution in [0.5, 0.6) is 5.75 Å². The zero-order chi connectivity index (χ0) is 20.5. The summed E-state index contributed by atoms with van der Waals surface area (Å²) in [4.78, 5) is 26.2. The number of benzene rings is 2. The lowest BCUT2D eigenvalue weighted by Gasteiger charge is -2.17. The zero-order valence-electron chi connectivity index (χ0n) is 17.0. The minimum atomic E-state index is -0.236. The van der Waals surface area contributed by atoms with Crippen LogP contribution in [0, 0.1) is 13.8 Å². The molecule has 2 N–H and O–H groups in total. The quantitative estimate of drug-likeness (QED) is 0.699. The van der Waals surface area contributed by atoms with Gasteiger partial charge in [-0.1, -0.05) is 30.3 Å². The molecule has 6 heteroatoms. The van der Waals surface area contributed by atoms with E-state index in [1.165, 1.54) is 0 Å². The number of nitrogens with zero attached hydrogens (tertiary/aromatic N) is 1. The smallest absolute Gasteiger partial charge is 0.243 e. The Morgan fingerprint density at radius 2 is 1.64 bits per heavy atom. The van der Waals surface area contributed by atoms with Crippen molar-refractivity contribution in [3.8, 4) is 5.75 Å². The fraction of sp³-hybridized carbons (Fsp3) is 0.364. The van der Waals surface area contributed by atoms with Gasteiger partial charge in [0.15, 0.2) is 0 Å². The van der Waals surface area contributed by atoms with Gasteiger partial charge in [-0.25, -0.2) is 0 Å². The standard InChI is InChI=1S/C22H29N3O3/c1-5-28-19-11-9-18(10-12-19)14-25(4)15-21(27)23-13-20(26)24-22-16(2)7-6-8-17(22)3/h6-12H,5,13-15H2,1-4H3,(H,23,27)(H,24,26). The lowest BCUT2D eigenvalue weighted by atomic mass is 10.1. The first kappa shape index (κ1) is 21.4. The van der Waals surface area contributed by atoms with Crippen LogP contribution in [0.1, 0.15) is 23.6 Å². The van der Waals surface area contributed by atoms with Crippen molar-refractivity contribution < 1.29 is 14.3 Å². The van der Waals surface area contributed by atoms with Gasteiger partial charge in [0, 0.05) is 12.2 Å². The van der Waals surface area contributed by atoms with Crippen LogP contribution in [-0.2, 0) is 16.1 Å². The van der Waals surface area contributed by atoms with Crippen molar-refractivity contribution in [1.29, 1.82) is 0 Å². The molecule has 2 aromatic rings. The second kappa shape index (κ2) is 10.5. The molecule has 0 aliphatic rings. The van der Waals surface area contributed by atoms with Crippen LogP contribution in [0.25, 0.3) is 0 Å². The van der Waals surface area contributed by atoms with E-state index in [-0.39, 0.29) is 24.9 Å². The zero-order valence-corrected chi connectivity index (χ0v) is 17.0. The van der Waals surface area contributed by atoms with Gasteiger partial charge in [0.25, 0.3) is 0 Å². The number of hydrogen-bond acceptors (Lipinski definition) is 4. The Labute approximate surface area is 166 Å². The molecule has 2 amide bonds. The third-order valence-electron chi connectivity index (χ3n) is 4.29. The summed E-state index contributed by atoms with van der Waals surface area (Å²) in [5.41, 5.74) is 3.88. The summed E-state index contributed by atoms with van der Waals surface area (Å²) in [6, 6.07) is 13.6. The third-order valence-corrected chi connectivity index (χ3v) is 4.29. The number of carbonyl (C=O) groups excluding carboxylic acids is 2. The van der Waals surface area contributed by atoms with E-state index in [0.717, 1.165) is 28.1 Å². The van der Waals surface area contributed by atoms with Gasteiger partial charge in [0.1, 0.15) is 5.75 Å². The Morgan fingerprint density at radius 3 is 2.25 bits per heavy atom. The molecule has 0 fully saturated rings. The van der Waals surface area contributed by atoms with Gasteiger partial charge in [-0.15, -0.1) is 0 Å². The fourth-order valence-corrected chi connectivity index (χ4v) is 2.90. The minimum absolute atomic E-state index is 0.0521. The van der Waals surface area contributed by atoms with Crippen molar-refractivity contribution in [3.05, 3.63) is 59.2 Å². The summed E-state index contributed by atoms with van der Waals surface area (Å²) >= 11 is 0. The number of amides is 2. The second-order valence-corrected chi connectivity index (χ2v) is 6.84. The van der Waals surface area contributed by atoms with E-state index in [1.54, 1.807) is 0 Å². The summed E-state index contributed by atoms with van der Waals surface area (Å²) in [6.45, 7) is 7.26. The highest BCUT2D eigenvalue weighted by Crippen LogP contribution is 2.19. The monoisotopic (exact) mass is 383 g/mol. The summed E-state index contributed by atoms with van der Waals surface area (Å²) in [7, 11) is 1.87. The summed E-state index contributed by atoms with van der Waals surface area (Å²) < 4.78 is 5.43. The van der Waals surface area contributed by atoms with Gasteiger partial charge < -0.3 is 15.4 Å². The number of carbonyl (C=O) groups is 2. The molecule has 6 nitrogen and oxygen atoms in total. The Kier molecular flexibility index (Phi) is 8.02. The molecule has 0 radical (unpaired) electrons. The first-order chi connectivity index (χ1) is 13.4. The summed E-state index contributed by atoms with van der Waals surface area (Å²) in [6.07, 6.45) is 0. The van der Waals surface area contributed by atoms with E-state index in [1.807, 2.05) is 75.2 Å². The molecule has 0 saturated carbocycles. The van der Waals surface area contributed by atoms with Crippen LogP contribution in [-0.4, -0.2) is 43.5 Å². The lowest BCUT2D eigenvalue weighted by molar-refractivity contribution is -0.124. The number of anilines is 1. The summed E-state index contributed by atoms with van der Waals surface area (Å²) in [5.74, 6) is 0.409. The molecule has 0 atom stereocenters. The molecule has 2 aromatic carbocycles. The van der Waals surface area contributed by atoms with Crippen molar-refractivity contribution >= 4 is 17.5 Å². The highest BCUT2D eigenvalue weighted by molar-refractivity contribution is 5.95. The number of nitrogens with one attached hydrogen (secondary N) is 2. The molecule has 0 saturated heterocycles. The molecular formula is C22H29N3O3. The maximum atomic E-state index is 12.1. The van der Waals surface area contributed by atoms with E-state index in [9.17, 15) is 9.59 Å². The average molecular weight is 383 g/mol. The number of rotatable bonds is 9. The predicted octanol–water partition coefficient (Wildman–Crippen LogP) is 2.89. The normalized spacial score (nSPS) is 10.6. The molecule has 0 aliphatic carbocycles. The van der Waals surface area contributed by atoms with Gasteiger partial charge in [0.2, 0.25) is 11.8 Å². The number of para-hydroxylation sites is 1. The highest BCUT2D eigenvalue weighted by atomic mass is 16.5. The molecule has 0 spiro atoms. The van der Waals surface area contributed by atoms with Crippen molar-refractivity contribution in [2.24, 2.45) is 0 Å². The first-order valence-corrected chi connectivity index (χ1v) is 9.42. The number of aryl methyl sites for hydroxylation is 2. The van der Waals surface area contributed by atoms with Gasteiger partial charge in [-0.2, -0.15) is 0 Å². The molecule has 0 unspecified atom stereocenters. The predicted molar refractivity (Wildman–Crippen MR) is 112 cm³/mol. The van der Waals surface area contributed by atoms with Gasteiger partial charge in [-0.3, -0.25) is 14.5 Å². The number of ether oxygens (including phenoxy) is 1. The van der Waals surface area contributed by atoms with Crippen molar-refractivity contribution in [1.82, 2.24) is 10.2 Å². The molecule has 0 aromatic heterocycles. The van der Waals surface area contributed by atoms with Gasteiger partial charge >= 0.3 is 0 Å². The average Bonchev–Trinajstić information content (AvgIpc) is 2.65. The van der Waals surface area contributed by atoms with E-state index in [0.29, 0.717) is 13.2 Å². The minimum Gasteiger partial charge on any atom is -0.494 e. The third kappa shape index (κ3) is 6.70. The van der Waals surface area contributed by atoms with Crippen LogP contribution in [0.3, 0.4) is 0 Å². The fourth-order valence-electron chi connectivity index (χ4n) is 2.90. The van der Waals surface area contributed by atoms with Crippen LogP contribution < -0.4 is 15.4 Å². The number of likely N-dealkylation sites (N-methyl/N-ethyl adjacent to an activating group) is 1. The number of hydrogen-bond donors (Lipinski definition) is 2. The molecular weight excluding hydrogens is 354 g/mol. The van der Waals surface area contributed by atoms with E-state index in [4.69, 9.17) is 4.74 Å². The van der Waals surface area contributed by atoms with Crippen molar-refractivity contribution in [2.45, 2.75) is 27.3 Å². The van der Waals surface area contributed by atoms with Crippen molar-refractivity contribution in [3.63, 3.8) is 0 Å². The Morgan fingerprint density at radius 1 is 1.00 bits per heavy atom. The SMILES string of the molecule is CCOc1ccc(CN(C)CC(=O)NCC(=O)Nc2c(C)cccc2C)cc1. The first-order valence-electron chi connectivity index (χ1n) is 9.42. The lowest BCUT2D eigenvalue weighted by Crippen LogP contribution is -2.39. The largest absolute Gasteiger partial charge is 0.494 e. The summed E-state index contributed by atoms with van der Waals surface area (Å²) in [5, 5.41) is 5.53. The molecule has 28 heavy (non-hydrogen) atoms. The molecule has 150 valence electrons. The topological polar surface area (TPSA) is 70.7 Å². The van der Waals surface area contributed by atoms with E-state index >= 15 is 0 Å². The highest BCUT2D eigenvalue weighted by Gasteiger charge is 2.11. The van der Waals surface area contributed by atoms with E-state index in [2.05, 4.69) is 10.6 Å². The molecule has 0 bridgehead atoms. The Balaban J connectivity index is 1.76. The molecule has 2 rings (SSSR count).